The molecule has 2 heterocycles. The van der Waals surface area contributed by atoms with Gasteiger partial charge in [0.1, 0.15) is 18.2 Å². The molecule has 0 spiro atoms. The van der Waals surface area contributed by atoms with Gasteiger partial charge >= 0.3 is 0 Å². The highest BCUT2D eigenvalue weighted by Gasteiger charge is 2.12. The molecule has 0 unspecified atom stereocenters. The van der Waals surface area contributed by atoms with Crippen molar-refractivity contribution in [3.8, 4) is 22.1 Å². The van der Waals surface area contributed by atoms with Gasteiger partial charge in [0, 0.05) is 22.7 Å². The first kappa shape index (κ1) is 15.0. The fourth-order valence-corrected chi connectivity index (χ4v) is 3.39. The summed E-state index contributed by atoms with van der Waals surface area (Å²) in [6, 6.07) is 14.4. The quantitative estimate of drug-likeness (QED) is 0.760. The maximum Gasteiger partial charge on any atom is 0.163 e. The first-order valence-corrected chi connectivity index (χ1v) is 8.81. The number of aromatic nitrogens is 1. The van der Waals surface area contributed by atoms with Gasteiger partial charge in [-0.3, -0.25) is 0 Å². The number of rotatable bonds is 4. The van der Waals surface area contributed by atoms with Crippen LogP contribution in [0.2, 0.25) is 0 Å². The van der Waals surface area contributed by atoms with Crippen LogP contribution in [0, 0.1) is 6.92 Å². The molecule has 0 atom stereocenters. The number of benzene rings is 2. The van der Waals surface area contributed by atoms with Crippen molar-refractivity contribution in [3.63, 3.8) is 0 Å². The summed E-state index contributed by atoms with van der Waals surface area (Å²) in [7, 11) is 0. The maximum absolute atomic E-state index is 5.61. The Morgan fingerprint density at radius 2 is 1.83 bits per heavy atom. The molecule has 0 amide bonds. The van der Waals surface area contributed by atoms with Crippen LogP contribution in [0.15, 0.2) is 47.8 Å². The molecule has 0 radical (unpaired) electrons. The minimum atomic E-state index is 0.600. The molecule has 1 aliphatic heterocycles. The number of anilines is 1. The number of hydrogen-bond donors (Lipinski definition) is 1. The van der Waals surface area contributed by atoms with Crippen LogP contribution < -0.4 is 14.8 Å². The van der Waals surface area contributed by atoms with E-state index in [1.807, 2.05) is 18.2 Å². The minimum Gasteiger partial charge on any atom is -0.486 e. The Morgan fingerprint density at radius 3 is 2.67 bits per heavy atom. The Hall–Kier alpha value is -2.53. The molecule has 1 N–H and O–H groups in total. The normalized spacial score (nSPS) is 12.9. The van der Waals surface area contributed by atoms with Gasteiger partial charge in [0.05, 0.1) is 12.2 Å². The van der Waals surface area contributed by atoms with E-state index >= 15 is 0 Å². The van der Waals surface area contributed by atoms with Crippen molar-refractivity contribution in [2.45, 2.75) is 13.5 Å². The van der Waals surface area contributed by atoms with Crippen molar-refractivity contribution in [3.05, 3.63) is 59.1 Å². The Bertz CT molecular complexity index is 843. The fraction of sp³-hybridized carbons (Fsp3) is 0.211. The molecule has 3 aromatic rings. The van der Waals surface area contributed by atoms with E-state index in [-0.39, 0.29) is 0 Å². The number of nitrogens with zero attached hydrogens (tertiary/aromatic N) is 1. The third-order valence-corrected chi connectivity index (χ3v) is 4.81. The molecule has 0 aliphatic carbocycles. The van der Waals surface area contributed by atoms with E-state index in [2.05, 4.69) is 41.9 Å². The lowest BCUT2D eigenvalue weighted by Gasteiger charge is -2.19. The van der Waals surface area contributed by atoms with Crippen molar-refractivity contribution in [1.82, 2.24) is 4.98 Å². The SMILES string of the molecule is Cc1ccc(-c2nc(CNc3ccc4c(c3)OCCO4)cs2)cc1. The second-order valence-electron chi connectivity index (χ2n) is 5.72. The largest absolute Gasteiger partial charge is 0.486 e. The summed E-state index contributed by atoms with van der Waals surface area (Å²) in [5.41, 5.74) is 4.46. The zero-order valence-corrected chi connectivity index (χ0v) is 14.2. The van der Waals surface area contributed by atoms with Crippen molar-refractivity contribution >= 4 is 17.0 Å². The van der Waals surface area contributed by atoms with Crippen molar-refractivity contribution < 1.29 is 9.47 Å². The molecule has 0 saturated heterocycles. The topological polar surface area (TPSA) is 43.4 Å². The summed E-state index contributed by atoms with van der Waals surface area (Å²) in [6.45, 7) is 3.99. The van der Waals surface area contributed by atoms with Crippen LogP contribution in [0.25, 0.3) is 10.6 Å². The molecule has 2 aromatic carbocycles. The third kappa shape index (κ3) is 3.21. The van der Waals surface area contributed by atoms with Gasteiger partial charge in [0.2, 0.25) is 0 Å². The monoisotopic (exact) mass is 338 g/mol. The van der Waals surface area contributed by atoms with E-state index in [4.69, 9.17) is 14.5 Å². The summed E-state index contributed by atoms with van der Waals surface area (Å²) >= 11 is 1.67. The molecule has 0 saturated carbocycles. The highest BCUT2D eigenvalue weighted by Crippen LogP contribution is 2.33. The zero-order chi connectivity index (χ0) is 16.4. The molecule has 4 nitrogen and oxygen atoms in total. The maximum atomic E-state index is 5.61. The predicted molar refractivity (Wildman–Crippen MR) is 97.0 cm³/mol. The summed E-state index contributed by atoms with van der Waals surface area (Å²) in [5, 5.41) is 6.54. The van der Waals surface area contributed by atoms with Crippen LogP contribution in [0.4, 0.5) is 5.69 Å². The van der Waals surface area contributed by atoms with E-state index < -0.39 is 0 Å². The molecule has 1 aromatic heterocycles. The Morgan fingerprint density at radius 1 is 1.04 bits per heavy atom. The van der Waals surface area contributed by atoms with E-state index in [0.29, 0.717) is 19.8 Å². The average Bonchev–Trinajstić information content (AvgIpc) is 3.09. The minimum absolute atomic E-state index is 0.600. The smallest absolute Gasteiger partial charge is 0.163 e. The number of aryl methyl sites for hydroxylation is 1. The van der Waals surface area contributed by atoms with Crippen molar-refractivity contribution in [2.24, 2.45) is 0 Å². The number of nitrogens with one attached hydrogen (secondary N) is 1. The predicted octanol–water partition coefficient (Wildman–Crippen LogP) is 4.50. The van der Waals surface area contributed by atoms with Gasteiger partial charge in [0.15, 0.2) is 11.5 Å². The third-order valence-electron chi connectivity index (χ3n) is 3.87. The second kappa shape index (κ2) is 6.53. The lowest BCUT2D eigenvalue weighted by molar-refractivity contribution is 0.171. The van der Waals surface area contributed by atoms with Gasteiger partial charge < -0.3 is 14.8 Å². The van der Waals surface area contributed by atoms with Crippen LogP contribution in [-0.4, -0.2) is 18.2 Å². The van der Waals surface area contributed by atoms with Crippen LogP contribution in [0.5, 0.6) is 11.5 Å². The van der Waals surface area contributed by atoms with E-state index in [9.17, 15) is 0 Å². The summed E-state index contributed by atoms with van der Waals surface area (Å²) in [5.74, 6) is 1.60. The van der Waals surface area contributed by atoms with E-state index in [1.165, 1.54) is 5.56 Å². The zero-order valence-electron chi connectivity index (χ0n) is 13.4. The summed E-state index contributed by atoms with van der Waals surface area (Å²) in [6.07, 6.45) is 0. The van der Waals surface area contributed by atoms with Gasteiger partial charge in [-0.05, 0) is 19.1 Å². The van der Waals surface area contributed by atoms with E-state index in [1.54, 1.807) is 11.3 Å². The molecule has 122 valence electrons. The molecule has 24 heavy (non-hydrogen) atoms. The molecule has 0 fully saturated rings. The molecular weight excluding hydrogens is 320 g/mol. The Kier molecular flexibility index (Phi) is 4.09. The van der Waals surface area contributed by atoms with Gasteiger partial charge in [0.25, 0.3) is 0 Å². The second-order valence-corrected chi connectivity index (χ2v) is 6.58. The van der Waals surface area contributed by atoms with Crippen LogP contribution in [-0.2, 0) is 6.54 Å². The molecular formula is C19H18N2O2S. The fourth-order valence-electron chi connectivity index (χ4n) is 2.56. The number of hydrogen-bond acceptors (Lipinski definition) is 5. The highest BCUT2D eigenvalue weighted by atomic mass is 32.1. The van der Waals surface area contributed by atoms with Crippen LogP contribution in [0.3, 0.4) is 0 Å². The van der Waals surface area contributed by atoms with Crippen LogP contribution in [0.1, 0.15) is 11.3 Å². The number of fused-ring (bicyclic) bond motifs is 1. The first-order valence-electron chi connectivity index (χ1n) is 7.93. The van der Waals surface area contributed by atoms with Gasteiger partial charge in [-0.15, -0.1) is 11.3 Å². The Balaban J connectivity index is 1.44. The molecule has 0 bridgehead atoms. The summed E-state index contributed by atoms with van der Waals surface area (Å²) < 4.78 is 11.1. The molecule has 1 aliphatic rings. The Labute approximate surface area is 145 Å². The number of thiazole rings is 1. The summed E-state index contributed by atoms with van der Waals surface area (Å²) in [4.78, 5) is 4.71. The van der Waals surface area contributed by atoms with Crippen LogP contribution >= 0.6 is 11.3 Å². The average molecular weight is 338 g/mol. The van der Waals surface area contributed by atoms with Gasteiger partial charge in [-0.25, -0.2) is 4.98 Å². The molecule has 5 heteroatoms. The molecule has 4 rings (SSSR count). The highest BCUT2D eigenvalue weighted by molar-refractivity contribution is 7.13. The van der Waals surface area contributed by atoms with Crippen molar-refractivity contribution in [2.75, 3.05) is 18.5 Å². The number of ether oxygens (including phenoxy) is 2. The lowest BCUT2D eigenvalue weighted by atomic mass is 10.2. The lowest BCUT2D eigenvalue weighted by Crippen LogP contribution is -2.15. The van der Waals surface area contributed by atoms with Gasteiger partial charge in [-0.1, -0.05) is 29.8 Å². The standard InChI is InChI=1S/C19H18N2O2S/c1-13-2-4-14(5-3-13)19-21-16(12-24-19)11-20-15-6-7-17-18(10-15)23-9-8-22-17/h2-7,10,12,20H,8-9,11H2,1H3. The van der Waals surface area contributed by atoms with E-state index in [0.717, 1.165) is 33.5 Å². The first-order chi connectivity index (χ1) is 11.8. The van der Waals surface area contributed by atoms with Crippen molar-refractivity contribution in [1.29, 1.82) is 0 Å². The van der Waals surface area contributed by atoms with Gasteiger partial charge in [-0.2, -0.15) is 0 Å².